The maximum Gasteiger partial charge on any atom is 0.251 e. The molecular weight excluding hydrogens is 430 g/mol. The molecule has 0 spiro atoms. The quantitative estimate of drug-likeness (QED) is 0.582. The minimum absolute atomic E-state index is 0.00143. The first-order valence-corrected chi connectivity index (χ1v) is 11.2. The summed E-state index contributed by atoms with van der Waals surface area (Å²) in [4.78, 5) is 20.4. The number of hydrazine groups is 1. The average Bonchev–Trinajstić information content (AvgIpc) is 3.57. The fraction of sp³-hybridized carbons (Fsp3) is 0.318. The molecule has 1 amide bonds. The van der Waals surface area contributed by atoms with Crippen molar-refractivity contribution in [3.05, 3.63) is 58.9 Å². The van der Waals surface area contributed by atoms with E-state index in [0.717, 1.165) is 5.56 Å². The summed E-state index contributed by atoms with van der Waals surface area (Å²) < 4.78 is 16.4. The first kappa shape index (κ1) is 20.5. The summed E-state index contributed by atoms with van der Waals surface area (Å²) >= 11 is 1.69. The number of carbonyl (C=O) groups is 1. The molecule has 1 N–H and O–H groups in total. The Labute approximate surface area is 189 Å². The van der Waals surface area contributed by atoms with Crippen molar-refractivity contribution >= 4 is 17.2 Å². The number of hydrogen-bond donors (Lipinski definition) is 1. The minimum atomic E-state index is -0.259. The molecule has 10 heteroatoms. The second-order valence-corrected chi connectivity index (χ2v) is 8.41. The van der Waals surface area contributed by atoms with E-state index >= 15 is 0 Å². The smallest absolute Gasteiger partial charge is 0.251 e. The predicted octanol–water partition coefficient (Wildman–Crippen LogP) is 3.34. The molecule has 5 rings (SSSR count). The van der Waals surface area contributed by atoms with Crippen LogP contribution >= 0.6 is 11.3 Å². The lowest BCUT2D eigenvalue weighted by Crippen LogP contribution is -2.47. The lowest BCUT2D eigenvalue weighted by atomic mass is 10.1. The van der Waals surface area contributed by atoms with Crippen LogP contribution in [0.3, 0.4) is 0 Å². The number of thiophene rings is 1. The van der Waals surface area contributed by atoms with E-state index < -0.39 is 0 Å². The number of ether oxygens (including phenoxy) is 2. The van der Waals surface area contributed by atoms with E-state index in [1.165, 1.54) is 4.88 Å². The molecule has 1 aromatic carbocycles. The standard InChI is InChI=1S/C22H23N5O4S/c1-3-30-17-7-6-14(11-18(17)29-2)21-23-20(31-25-21)13-26-8-9-27-16(22(26)28)12-15(24-27)19-5-4-10-32-19/h4-11,15-16,24H,3,12-13H2,1-2H3. The predicted molar refractivity (Wildman–Crippen MR) is 118 cm³/mol. The summed E-state index contributed by atoms with van der Waals surface area (Å²) in [7, 11) is 1.59. The molecule has 2 aliphatic heterocycles. The van der Waals surface area contributed by atoms with Crippen molar-refractivity contribution in [3.8, 4) is 22.9 Å². The molecule has 0 aliphatic carbocycles. The highest BCUT2D eigenvalue weighted by Gasteiger charge is 2.40. The minimum Gasteiger partial charge on any atom is -0.493 e. The van der Waals surface area contributed by atoms with Crippen molar-refractivity contribution in [2.24, 2.45) is 0 Å². The Morgan fingerprint density at radius 3 is 2.97 bits per heavy atom. The first-order valence-electron chi connectivity index (χ1n) is 10.4. The number of carbonyl (C=O) groups excluding carboxylic acids is 1. The van der Waals surface area contributed by atoms with E-state index in [1.54, 1.807) is 35.6 Å². The highest BCUT2D eigenvalue weighted by atomic mass is 32.1. The summed E-state index contributed by atoms with van der Waals surface area (Å²) in [5, 5.41) is 8.01. The molecule has 4 heterocycles. The molecule has 2 unspecified atom stereocenters. The molecule has 2 aromatic heterocycles. The van der Waals surface area contributed by atoms with E-state index in [-0.39, 0.29) is 24.5 Å². The van der Waals surface area contributed by atoms with Gasteiger partial charge in [0.1, 0.15) is 12.6 Å². The van der Waals surface area contributed by atoms with Crippen molar-refractivity contribution in [3.63, 3.8) is 0 Å². The lowest BCUT2D eigenvalue weighted by Gasteiger charge is -2.30. The Hall–Kier alpha value is -3.37. The van der Waals surface area contributed by atoms with Gasteiger partial charge in [0.05, 0.1) is 19.8 Å². The van der Waals surface area contributed by atoms with Crippen LogP contribution in [0.1, 0.15) is 30.2 Å². The van der Waals surface area contributed by atoms with E-state index in [2.05, 4.69) is 21.6 Å². The van der Waals surface area contributed by atoms with Gasteiger partial charge in [0.2, 0.25) is 11.7 Å². The van der Waals surface area contributed by atoms with Gasteiger partial charge >= 0.3 is 0 Å². The van der Waals surface area contributed by atoms with Crippen LogP contribution in [0.15, 0.2) is 52.6 Å². The summed E-state index contributed by atoms with van der Waals surface area (Å²) in [6.07, 6.45) is 4.34. The maximum atomic E-state index is 13.1. The van der Waals surface area contributed by atoms with Gasteiger partial charge < -0.3 is 23.9 Å². The second-order valence-electron chi connectivity index (χ2n) is 7.43. The van der Waals surface area contributed by atoms with Crippen LogP contribution in [0.25, 0.3) is 11.4 Å². The Bertz CT molecular complexity index is 1130. The highest BCUT2D eigenvalue weighted by Crippen LogP contribution is 2.34. The van der Waals surface area contributed by atoms with Crippen molar-refractivity contribution in [1.29, 1.82) is 0 Å². The molecule has 9 nitrogen and oxygen atoms in total. The third-order valence-electron chi connectivity index (χ3n) is 5.46. The Kier molecular flexibility index (Phi) is 5.54. The van der Waals surface area contributed by atoms with Crippen molar-refractivity contribution < 1.29 is 18.8 Å². The van der Waals surface area contributed by atoms with E-state index in [9.17, 15) is 4.79 Å². The highest BCUT2D eigenvalue weighted by molar-refractivity contribution is 7.10. The number of nitrogens with one attached hydrogen (secondary N) is 1. The van der Waals surface area contributed by atoms with Gasteiger partial charge in [-0.2, -0.15) is 4.98 Å². The zero-order valence-corrected chi connectivity index (χ0v) is 18.5. The van der Waals surface area contributed by atoms with Gasteiger partial charge in [-0.15, -0.1) is 11.3 Å². The van der Waals surface area contributed by atoms with Crippen LogP contribution in [-0.2, 0) is 11.3 Å². The van der Waals surface area contributed by atoms with Crippen LogP contribution in [0.4, 0.5) is 0 Å². The Morgan fingerprint density at radius 1 is 1.28 bits per heavy atom. The van der Waals surface area contributed by atoms with Crippen LogP contribution in [0, 0.1) is 0 Å². The van der Waals surface area contributed by atoms with E-state index in [1.807, 2.05) is 41.7 Å². The summed E-state index contributed by atoms with van der Waals surface area (Å²) in [5.41, 5.74) is 4.14. The average molecular weight is 454 g/mol. The van der Waals surface area contributed by atoms with Gasteiger partial charge in [0.15, 0.2) is 11.5 Å². The molecular formula is C22H23N5O4S. The lowest BCUT2D eigenvalue weighted by molar-refractivity contribution is -0.135. The molecule has 2 atom stereocenters. The molecule has 0 saturated carbocycles. The fourth-order valence-corrected chi connectivity index (χ4v) is 4.69. The number of methoxy groups -OCH3 is 1. The van der Waals surface area contributed by atoms with E-state index in [4.69, 9.17) is 14.0 Å². The van der Waals surface area contributed by atoms with Gasteiger partial charge in [0.25, 0.3) is 5.91 Å². The third kappa shape index (κ3) is 3.82. The first-order chi connectivity index (χ1) is 15.7. The number of amides is 1. The topological polar surface area (TPSA) is 93.0 Å². The second kappa shape index (κ2) is 8.64. The Balaban J connectivity index is 1.28. The molecule has 3 aromatic rings. The van der Waals surface area contributed by atoms with Gasteiger partial charge in [-0.3, -0.25) is 4.79 Å². The zero-order chi connectivity index (χ0) is 22.1. The normalized spacial score (nSPS) is 20.0. The molecule has 166 valence electrons. The van der Waals surface area contributed by atoms with Gasteiger partial charge in [-0.25, -0.2) is 5.43 Å². The summed E-state index contributed by atoms with van der Waals surface area (Å²) in [6.45, 7) is 2.67. The van der Waals surface area contributed by atoms with Crippen LogP contribution in [0.2, 0.25) is 0 Å². The summed E-state index contributed by atoms with van der Waals surface area (Å²) in [5.74, 6) is 2.04. The van der Waals surface area contributed by atoms with Gasteiger partial charge in [-0.1, -0.05) is 11.2 Å². The SMILES string of the molecule is CCOc1ccc(-c2noc(CN3C=CN4NC(c5cccs5)CC4C3=O)n2)cc1OC. The Morgan fingerprint density at radius 2 is 2.19 bits per heavy atom. The molecule has 32 heavy (non-hydrogen) atoms. The number of rotatable bonds is 7. The molecule has 0 radical (unpaired) electrons. The molecule has 1 fully saturated rings. The molecule has 1 saturated heterocycles. The monoisotopic (exact) mass is 453 g/mol. The van der Waals surface area contributed by atoms with Crippen LogP contribution in [0.5, 0.6) is 11.5 Å². The number of aromatic nitrogens is 2. The van der Waals surface area contributed by atoms with Crippen LogP contribution < -0.4 is 14.9 Å². The van der Waals surface area contributed by atoms with Gasteiger partial charge in [0, 0.05) is 29.3 Å². The molecule has 0 bridgehead atoms. The largest absolute Gasteiger partial charge is 0.493 e. The number of fused-ring (bicyclic) bond motifs is 1. The fourth-order valence-electron chi connectivity index (χ4n) is 3.91. The zero-order valence-electron chi connectivity index (χ0n) is 17.7. The van der Waals surface area contributed by atoms with Crippen LogP contribution in [-0.4, -0.2) is 45.7 Å². The molecule has 2 aliphatic rings. The van der Waals surface area contributed by atoms with Crippen molar-refractivity contribution in [2.75, 3.05) is 13.7 Å². The van der Waals surface area contributed by atoms with Crippen molar-refractivity contribution in [1.82, 2.24) is 25.5 Å². The van der Waals surface area contributed by atoms with Gasteiger partial charge in [-0.05, 0) is 36.6 Å². The maximum absolute atomic E-state index is 13.1. The number of hydrogen-bond acceptors (Lipinski definition) is 9. The van der Waals surface area contributed by atoms with Crippen molar-refractivity contribution in [2.45, 2.75) is 32.0 Å². The summed E-state index contributed by atoms with van der Waals surface area (Å²) in [6, 6.07) is 9.46. The number of nitrogens with zero attached hydrogens (tertiary/aromatic N) is 4. The third-order valence-corrected chi connectivity index (χ3v) is 6.44. The van der Waals surface area contributed by atoms with E-state index in [0.29, 0.717) is 36.2 Å². The number of benzene rings is 1.